The third kappa shape index (κ3) is 5.25. The van der Waals surface area contributed by atoms with Crippen LogP contribution < -0.4 is 10.9 Å². The average molecular weight is 421 g/mol. The van der Waals surface area contributed by atoms with Gasteiger partial charge in [-0.1, -0.05) is 30.3 Å². The molecule has 1 aromatic carbocycles. The van der Waals surface area contributed by atoms with Gasteiger partial charge in [-0.3, -0.25) is 9.48 Å². The number of anilines is 1. The van der Waals surface area contributed by atoms with E-state index >= 15 is 0 Å². The van der Waals surface area contributed by atoms with Gasteiger partial charge in [0.2, 0.25) is 0 Å². The molecule has 164 valence electrons. The first-order valence-electron chi connectivity index (χ1n) is 11.1. The number of pyridine rings is 1. The third-order valence-corrected chi connectivity index (χ3v) is 6.04. The van der Waals surface area contributed by atoms with Crippen molar-refractivity contribution < 1.29 is 5.11 Å². The van der Waals surface area contributed by atoms with Gasteiger partial charge in [-0.15, -0.1) is 0 Å². The minimum absolute atomic E-state index is 0.0973. The maximum atomic E-state index is 13.2. The topological polar surface area (TPSA) is 72.1 Å². The highest BCUT2D eigenvalue weighted by atomic mass is 16.3. The summed E-state index contributed by atoms with van der Waals surface area (Å²) >= 11 is 0. The number of hydrogen-bond acceptors (Lipinski definition) is 4. The molecule has 0 amide bonds. The lowest BCUT2D eigenvalue weighted by Crippen LogP contribution is -2.35. The lowest BCUT2D eigenvalue weighted by Gasteiger charge is -2.30. The second-order valence-electron chi connectivity index (χ2n) is 9.39. The van der Waals surface area contributed by atoms with E-state index < -0.39 is 5.60 Å². The molecule has 0 aliphatic heterocycles. The fraction of sp³-hybridized carbons (Fsp3) is 0.440. The Morgan fingerprint density at radius 2 is 1.81 bits per heavy atom. The molecule has 3 aromatic rings. The number of aromatic nitrogens is 3. The smallest absolute Gasteiger partial charge is 0.274 e. The van der Waals surface area contributed by atoms with Gasteiger partial charge in [-0.05, 0) is 57.1 Å². The first-order valence-corrected chi connectivity index (χ1v) is 11.1. The van der Waals surface area contributed by atoms with Crippen LogP contribution in [0.3, 0.4) is 0 Å². The second-order valence-corrected chi connectivity index (χ2v) is 9.39. The average Bonchev–Trinajstić information content (AvgIpc) is 3.17. The van der Waals surface area contributed by atoms with Crippen LogP contribution in [-0.2, 0) is 13.6 Å². The predicted molar refractivity (Wildman–Crippen MR) is 124 cm³/mol. The van der Waals surface area contributed by atoms with Crippen LogP contribution in [0.5, 0.6) is 0 Å². The zero-order chi connectivity index (χ0) is 22.0. The van der Waals surface area contributed by atoms with Gasteiger partial charge < -0.3 is 15.0 Å². The zero-order valence-electron chi connectivity index (χ0n) is 18.6. The number of aryl methyl sites for hydroxylation is 1. The Balaban J connectivity index is 1.56. The van der Waals surface area contributed by atoms with E-state index in [1.165, 1.54) is 5.56 Å². The van der Waals surface area contributed by atoms with Crippen molar-refractivity contribution >= 4 is 5.69 Å². The van der Waals surface area contributed by atoms with Crippen LogP contribution in [0.15, 0.2) is 59.8 Å². The summed E-state index contributed by atoms with van der Waals surface area (Å²) in [7, 11) is 1.88. The molecular weight excluding hydrogens is 388 g/mol. The summed E-state index contributed by atoms with van der Waals surface area (Å²) in [6.45, 7) is 3.66. The van der Waals surface area contributed by atoms with E-state index in [4.69, 9.17) is 0 Å². The number of nitrogens with one attached hydrogen (secondary N) is 1. The first kappa shape index (κ1) is 21.4. The van der Waals surface area contributed by atoms with Gasteiger partial charge in [0.25, 0.3) is 5.56 Å². The van der Waals surface area contributed by atoms with Crippen LogP contribution in [0, 0.1) is 0 Å². The van der Waals surface area contributed by atoms with Gasteiger partial charge in [-0.25, -0.2) is 0 Å². The number of nitrogens with zero attached hydrogens (tertiary/aromatic N) is 3. The molecule has 6 heteroatoms. The number of benzene rings is 1. The van der Waals surface area contributed by atoms with E-state index in [0.717, 1.165) is 36.8 Å². The molecule has 0 atom stereocenters. The Bertz CT molecular complexity index is 1070. The van der Waals surface area contributed by atoms with E-state index in [0.29, 0.717) is 11.6 Å². The Hall–Kier alpha value is -2.86. The summed E-state index contributed by atoms with van der Waals surface area (Å²) < 4.78 is 3.36. The molecule has 1 saturated carbocycles. The summed E-state index contributed by atoms with van der Waals surface area (Å²) in [4.78, 5) is 13.2. The fourth-order valence-electron chi connectivity index (χ4n) is 4.52. The largest absolute Gasteiger partial charge is 0.389 e. The molecule has 31 heavy (non-hydrogen) atoms. The highest BCUT2D eigenvalue weighted by molar-refractivity contribution is 5.65. The Morgan fingerprint density at radius 3 is 2.42 bits per heavy atom. The molecule has 4 rings (SSSR count). The van der Waals surface area contributed by atoms with Crippen LogP contribution >= 0.6 is 0 Å². The normalized spacial score (nSPS) is 19.4. The number of rotatable bonds is 6. The minimum atomic E-state index is -0.984. The molecule has 0 unspecified atom stereocenters. The van der Waals surface area contributed by atoms with Crippen LogP contribution in [0.1, 0.15) is 51.0 Å². The maximum absolute atomic E-state index is 13.2. The van der Waals surface area contributed by atoms with Gasteiger partial charge in [0.1, 0.15) is 5.69 Å². The van der Waals surface area contributed by atoms with Crippen molar-refractivity contribution in [3.63, 3.8) is 0 Å². The van der Waals surface area contributed by atoms with Crippen LogP contribution in [-0.4, -0.2) is 31.1 Å². The van der Waals surface area contributed by atoms with E-state index in [1.54, 1.807) is 29.3 Å². The fourth-order valence-corrected chi connectivity index (χ4v) is 4.52. The molecule has 0 bridgehead atoms. The highest BCUT2D eigenvalue weighted by Gasteiger charge is 2.24. The van der Waals surface area contributed by atoms with Crippen molar-refractivity contribution in [1.29, 1.82) is 0 Å². The van der Waals surface area contributed by atoms with Crippen molar-refractivity contribution in [3.05, 3.63) is 70.9 Å². The monoisotopic (exact) mass is 420 g/mol. The molecule has 1 fully saturated rings. The summed E-state index contributed by atoms with van der Waals surface area (Å²) in [5, 5.41) is 18.1. The number of aliphatic hydroxyl groups is 1. The SMILES string of the molecule is Cn1cc(-c2cc(N[C@H]3CC[C@@H](c4ccccc4)CC3)c(=O)n(CC(C)(C)O)c2)cn1. The summed E-state index contributed by atoms with van der Waals surface area (Å²) in [6, 6.07) is 12.9. The molecule has 0 spiro atoms. The molecule has 2 N–H and O–H groups in total. The third-order valence-electron chi connectivity index (χ3n) is 6.04. The van der Waals surface area contributed by atoms with Crippen LogP contribution in [0.2, 0.25) is 0 Å². The lowest BCUT2D eigenvalue weighted by molar-refractivity contribution is 0.0605. The molecule has 2 aromatic heterocycles. The van der Waals surface area contributed by atoms with Crippen LogP contribution in [0.25, 0.3) is 11.1 Å². The maximum Gasteiger partial charge on any atom is 0.274 e. The van der Waals surface area contributed by atoms with Gasteiger partial charge >= 0.3 is 0 Å². The second kappa shape index (κ2) is 8.71. The van der Waals surface area contributed by atoms with Crippen molar-refractivity contribution in [2.75, 3.05) is 5.32 Å². The minimum Gasteiger partial charge on any atom is -0.389 e. The van der Waals surface area contributed by atoms with E-state index in [1.807, 2.05) is 25.5 Å². The van der Waals surface area contributed by atoms with Crippen LogP contribution in [0.4, 0.5) is 5.69 Å². The zero-order valence-corrected chi connectivity index (χ0v) is 18.6. The van der Waals surface area contributed by atoms with Crippen molar-refractivity contribution in [1.82, 2.24) is 14.3 Å². The molecule has 2 heterocycles. The highest BCUT2D eigenvalue weighted by Crippen LogP contribution is 2.34. The lowest BCUT2D eigenvalue weighted by atomic mass is 9.82. The van der Waals surface area contributed by atoms with E-state index in [-0.39, 0.29) is 18.1 Å². The van der Waals surface area contributed by atoms with Gasteiger partial charge in [0, 0.05) is 36.6 Å². The van der Waals surface area contributed by atoms with Crippen molar-refractivity contribution in [2.24, 2.45) is 7.05 Å². The van der Waals surface area contributed by atoms with Gasteiger partial charge in [0.15, 0.2) is 0 Å². The summed E-state index contributed by atoms with van der Waals surface area (Å²) in [5.41, 5.74) is 2.78. The molecule has 1 aliphatic carbocycles. The molecule has 1 aliphatic rings. The van der Waals surface area contributed by atoms with Crippen molar-refractivity contribution in [2.45, 2.75) is 63.6 Å². The molecule has 0 radical (unpaired) electrons. The molecule has 0 saturated heterocycles. The molecule has 6 nitrogen and oxygen atoms in total. The quantitative estimate of drug-likeness (QED) is 0.628. The van der Waals surface area contributed by atoms with Gasteiger partial charge in [0.05, 0.1) is 18.3 Å². The Labute approximate surface area is 183 Å². The Kier molecular flexibility index (Phi) is 6.01. The number of hydrogen-bond donors (Lipinski definition) is 2. The van der Waals surface area contributed by atoms with Gasteiger partial charge in [-0.2, -0.15) is 5.10 Å². The standard InChI is InChI=1S/C25H32N4O2/c1-25(2,31)17-29-16-20(21-14-26-28(3)15-21)13-23(24(29)30)27-22-11-9-19(10-12-22)18-7-5-4-6-8-18/h4-8,13-16,19,22,27,31H,9-12,17H2,1-3H3/t19-,22+. The molecular formula is C25H32N4O2. The summed E-state index contributed by atoms with van der Waals surface area (Å²) in [6.07, 6.45) is 9.83. The summed E-state index contributed by atoms with van der Waals surface area (Å²) in [5.74, 6) is 0.591. The van der Waals surface area contributed by atoms with E-state index in [9.17, 15) is 9.90 Å². The van der Waals surface area contributed by atoms with E-state index in [2.05, 4.69) is 40.7 Å². The van der Waals surface area contributed by atoms with Crippen molar-refractivity contribution in [3.8, 4) is 11.1 Å². The predicted octanol–water partition coefficient (Wildman–Crippen LogP) is 4.16. The first-order chi connectivity index (χ1) is 14.8. The Morgan fingerprint density at radius 1 is 1.10 bits per heavy atom.